The largest absolute Gasteiger partial charge is 0.465 e. The predicted molar refractivity (Wildman–Crippen MR) is 70.6 cm³/mol. The molecule has 0 bridgehead atoms. The van der Waals surface area contributed by atoms with Crippen LogP contribution in [0.15, 0.2) is 12.3 Å². The minimum absolute atomic E-state index is 0.337. The van der Waals surface area contributed by atoms with Gasteiger partial charge in [0.2, 0.25) is 0 Å². The Balaban J connectivity index is 2.39. The van der Waals surface area contributed by atoms with Gasteiger partial charge in [0.05, 0.1) is 24.6 Å². The van der Waals surface area contributed by atoms with Crippen LogP contribution in [0.5, 0.6) is 0 Å². The summed E-state index contributed by atoms with van der Waals surface area (Å²) < 4.78 is 4.81. The van der Waals surface area contributed by atoms with Crippen LogP contribution in [0.3, 0.4) is 0 Å². The fourth-order valence-corrected chi connectivity index (χ4v) is 2.42. The second kappa shape index (κ2) is 5.25. The maximum atomic E-state index is 11.8. The Hall–Kier alpha value is -1.78. The number of nitrogens with zero attached hydrogens (tertiary/aromatic N) is 2. The van der Waals surface area contributed by atoms with Crippen LogP contribution in [0.25, 0.3) is 0 Å². The van der Waals surface area contributed by atoms with Crippen molar-refractivity contribution in [2.45, 2.75) is 32.2 Å². The zero-order valence-corrected chi connectivity index (χ0v) is 10.8. The molecule has 1 unspecified atom stereocenters. The Morgan fingerprint density at radius 1 is 1.56 bits per heavy atom. The molecule has 0 aliphatic carbocycles. The molecule has 1 aliphatic rings. The van der Waals surface area contributed by atoms with Gasteiger partial charge in [0.15, 0.2) is 0 Å². The van der Waals surface area contributed by atoms with E-state index in [4.69, 9.17) is 10.5 Å². The number of nitrogen functional groups attached to an aromatic ring is 1. The Labute approximate surface area is 107 Å². The molecular formula is C13H19N3O2. The molecule has 0 saturated carbocycles. The molecular weight excluding hydrogens is 230 g/mol. The van der Waals surface area contributed by atoms with Gasteiger partial charge in [0, 0.05) is 12.6 Å². The molecule has 1 fully saturated rings. The van der Waals surface area contributed by atoms with Gasteiger partial charge in [-0.05, 0) is 32.3 Å². The summed E-state index contributed by atoms with van der Waals surface area (Å²) in [5.41, 5.74) is 6.97. The number of anilines is 2. The monoisotopic (exact) mass is 249 g/mol. The fraction of sp³-hybridized carbons (Fsp3) is 0.538. The van der Waals surface area contributed by atoms with Crippen molar-refractivity contribution in [1.29, 1.82) is 0 Å². The third kappa shape index (κ3) is 2.39. The van der Waals surface area contributed by atoms with E-state index in [0.29, 0.717) is 17.4 Å². The molecule has 0 spiro atoms. The first-order chi connectivity index (χ1) is 8.63. The lowest BCUT2D eigenvalue weighted by atomic mass is 10.0. The summed E-state index contributed by atoms with van der Waals surface area (Å²) in [4.78, 5) is 18.1. The number of esters is 1. The van der Waals surface area contributed by atoms with E-state index in [1.54, 1.807) is 12.3 Å². The van der Waals surface area contributed by atoms with Gasteiger partial charge in [-0.1, -0.05) is 0 Å². The number of hydrogen-bond donors (Lipinski definition) is 1. The molecule has 5 nitrogen and oxygen atoms in total. The van der Waals surface area contributed by atoms with Crippen molar-refractivity contribution in [2.24, 2.45) is 0 Å². The van der Waals surface area contributed by atoms with E-state index < -0.39 is 0 Å². The van der Waals surface area contributed by atoms with Crippen molar-refractivity contribution in [2.75, 3.05) is 24.3 Å². The van der Waals surface area contributed by atoms with Crippen LogP contribution in [0.4, 0.5) is 11.5 Å². The van der Waals surface area contributed by atoms with E-state index in [2.05, 4.69) is 16.8 Å². The molecule has 0 radical (unpaired) electrons. The van der Waals surface area contributed by atoms with Crippen molar-refractivity contribution >= 4 is 17.5 Å². The number of methoxy groups -OCH3 is 1. The molecule has 0 amide bonds. The summed E-state index contributed by atoms with van der Waals surface area (Å²) in [5, 5.41) is 0. The number of pyridine rings is 1. The number of carbonyl (C=O) groups is 1. The van der Waals surface area contributed by atoms with Crippen LogP contribution >= 0.6 is 0 Å². The van der Waals surface area contributed by atoms with Crippen molar-refractivity contribution in [3.8, 4) is 0 Å². The first-order valence-electron chi connectivity index (χ1n) is 6.24. The lowest BCUT2D eigenvalue weighted by molar-refractivity contribution is 0.0601. The Bertz CT molecular complexity index is 448. The van der Waals surface area contributed by atoms with E-state index >= 15 is 0 Å². The maximum absolute atomic E-state index is 11.8. The molecule has 5 heteroatoms. The lowest BCUT2D eigenvalue weighted by Gasteiger charge is -2.36. The van der Waals surface area contributed by atoms with E-state index in [-0.39, 0.29) is 5.97 Å². The fourth-order valence-electron chi connectivity index (χ4n) is 2.42. The van der Waals surface area contributed by atoms with Gasteiger partial charge < -0.3 is 15.4 Å². The van der Waals surface area contributed by atoms with Crippen molar-refractivity contribution in [1.82, 2.24) is 4.98 Å². The quantitative estimate of drug-likeness (QED) is 0.810. The topological polar surface area (TPSA) is 68.5 Å². The van der Waals surface area contributed by atoms with Crippen LogP contribution in [-0.2, 0) is 4.74 Å². The number of ether oxygens (including phenoxy) is 1. The third-order valence-electron chi connectivity index (χ3n) is 3.42. The number of carbonyl (C=O) groups excluding carboxylic acids is 1. The van der Waals surface area contributed by atoms with E-state index in [9.17, 15) is 4.79 Å². The zero-order chi connectivity index (χ0) is 13.1. The van der Waals surface area contributed by atoms with Crippen LogP contribution in [0.1, 0.15) is 36.5 Å². The molecule has 2 heterocycles. The second-order valence-electron chi connectivity index (χ2n) is 4.66. The number of piperidine rings is 1. The van der Waals surface area contributed by atoms with Gasteiger partial charge in [-0.15, -0.1) is 0 Å². The van der Waals surface area contributed by atoms with E-state index in [1.807, 2.05) is 0 Å². The molecule has 1 saturated heterocycles. The van der Waals surface area contributed by atoms with Gasteiger partial charge >= 0.3 is 5.97 Å². The molecule has 1 aliphatic heterocycles. The first-order valence-corrected chi connectivity index (χ1v) is 6.24. The number of nitrogens with two attached hydrogens (primary N) is 1. The van der Waals surface area contributed by atoms with Gasteiger partial charge in [0.1, 0.15) is 5.82 Å². The van der Waals surface area contributed by atoms with Gasteiger partial charge in [-0.3, -0.25) is 0 Å². The average molecular weight is 249 g/mol. The molecule has 0 aromatic carbocycles. The minimum atomic E-state index is -0.364. The Kier molecular flexibility index (Phi) is 3.69. The van der Waals surface area contributed by atoms with E-state index in [0.717, 1.165) is 25.1 Å². The summed E-state index contributed by atoms with van der Waals surface area (Å²) in [6.45, 7) is 3.10. The minimum Gasteiger partial charge on any atom is -0.465 e. The van der Waals surface area contributed by atoms with Crippen LogP contribution < -0.4 is 10.6 Å². The maximum Gasteiger partial charge on any atom is 0.340 e. The van der Waals surface area contributed by atoms with Crippen molar-refractivity contribution in [3.63, 3.8) is 0 Å². The highest BCUT2D eigenvalue weighted by molar-refractivity contribution is 5.96. The highest BCUT2D eigenvalue weighted by Gasteiger charge is 2.24. The molecule has 98 valence electrons. The van der Waals surface area contributed by atoms with Gasteiger partial charge in [0.25, 0.3) is 0 Å². The summed E-state index contributed by atoms with van der Waals surface area (Å²) in [7, 11) is 1.38. The lowest BCUT2D eigenvalue weighted by Crippen LogP contribution is -2.38. The standard InChI is InChI=1S/C13H19N3O2/c1-9-5-3-4-6-16(9)11-8-15-12(14)7-10(11)13(17)18-2/h7-9H,3-6H2,1-2H3,(H2,14,15). The van der Waals surface area contributed by atoms with Gasteiger partial charge in [-0.25, -0.2) is 9.78 Å². The summed E-state index contributed by atoms with van der Waals surface area (Å²) in [6.07, 6.45) is 5.16. The summed E-state index contributed by atoms with van der Waals surface area (Å²) in [6, 6.07) is 2.00. The van der Waals surface area contributed by atoms with Gasteiger partial charge in [-0.2, -0.15) is 0 Å². The SMILES string of the molecule is COC(=O)c1cc(N)ncc1N1CCCCC1C. The number of rotatable bonds is 2. The van der Waals surface area contributed by atoms with Crippen molar-refractivity contribution < 1.29 is 9.53 Å². The molecule has 18 heavy (non-hydrogen) atoms. The Morgan fingerprint density at radius 2 is 2.33 bits per heavy atom. The molecule has 1 atom stereocenters. The molecule has 1 aromatic heterocycles. The summed E-state index contributed by atoms with van der Waals surface area (Å²) in [5.74, 6) is -0.0271. The second-order valence-corrected chi connectivity index (χ2v) is 4.66. The highest BCUT2D eigenvalue weighted by atomic mass is 16.5. The normalized spacial score (nSPS) is 19.7. The third-order valence-corrected chi connectivity index (χ3v) is 3.42. The Morgan fingerprint density at radius 3 is 3.00 bits per heavy atom. The molecule has 2 N–H and O–H groups in total. The molecule has 1 aromatic rings. The highest BCUT2D eigenvalue weighted by Crippen LogP contribution is 2.28. The number of hydrogen-bond acceptors (Lipinski definition) is 5. The van der Waals surface area contributed by atoms with E-state index in [1.165, 1.54) is 13.5 Å². The van der Waals surface area contributed by atoms with Crippen LogP contribution in [0.2, 0.25) is 0 Å². The first kappa shape index (κ1) is 12.7. The summed E-state index contributed by atoms with van der Waals surface area (Å²) >= 11 is 0. The smallest absolute Gasteiger partial charge is 0.340 e. The zero-order valence-electron chi connectivity index (χ0n) is 10.8. The average Bonchev–Trinajstić information content (AvgIpc) is 2.39. The predicted octanol–water partition coefficient (Wildman–Crippen LogP) is 1.83. The molecule has 2 rings (SSSR count). The van der Waals surface area contributed by atoms with Crippen LogP contribution in [-0.4, -0.2) is 30.6 Å². The van der Waals surface area contributed by atoms with Crippen molar-refractivity contribution in [3.05, 3.63) is 17.8 Å². The van der Waals surface area contributed by atoms with Crippen LogP contribution in [0, 0.1) is 0 Å². The number of aromatic nitrogens is 1.